The van der Waals surface area contributed by atoms with Gasteiger partial charge in [0.05, 0.1) is 0 Å². The first kappa shape index (κ1) is 22.2. The fourth-order valence-corrected chi connectivity index (χ4v) is 4.85. The molecule has 2 aromatic carbocycles. The van der Waals surface area contributed by atoms with Crippen LogP contribution in [-0.4, -0.2) is 35.3 Å². The Morgan fingerprint density at radius 3 is 2.43 bits per heavy atom. The number of nitrogen functional groups attached to an aromatic ring is 1. The van der Waals surface area contributed by atoms with Gasteiger partial charge in [0, 0.05) is 23.8 Å². The van der Waals surface area contributed by atoms with Gasteiger partial charge in [-0.05, 0) is 61.4 Å². The van der Waals surface area contributed by atoms with E-state index in [1.807, 2.05) is 59.5 Å². The molecular weight excluding hydrogens is 398 g/mol. The second kappa shape index (κ2) is 9.98. The molecule has 0 radical (unpaired) electrons. The highest BCUT2D eigenvalue weighted by Gasteiger charge is 2.47. The number of likely N-dealkylation sites (tertiary alicyclic amines) is 1. The number of amides is 2. The maximum Gasteiger partial charge on any atom is 0.254 e. The van der Waals surface area contributed by atoms with Crippen molar-refractivity contribution in [2.45, 2.75) is 50.6 Å². The maximum absolute atomic E-state index is 13.3. The van der Waals surface area contributed by atoms with Crippen molar-refractivity contribution in [3.63, 3.8) is 0 Å². The van der Waals surface area contributed by atoms with Crippen LogP contribution in [0.1, 0.15) is 48.0 Å². The molecule has 0 aromatic heterocycles. The van der Waals surface area contributed by atoms with Gasteiger partial charge in [-0.1, -0.05) is 43.2 Å². The van der Waals surface area contributed by atoms with Crippen LogP contribution in [0.15, 0.2) is 54.6 Å². The van der Waals surface area contributed by atoms with Crippen LogP contribution in [0.25, 0.3) is 0 Å². The Hall–Kier alpha value is -2.53. The van der Waals surface area contributed by atoms with E-state index in [9.17, 15) is 9.59 Å². The van der Waals surface area contributed by atoms with E-state index >= 15 is 0 Å². The van der Waals surface area contributed by atoms with E-state index in [4.69, 9.17) is 5.73 Å². The van der Waals surface area contributed by atoms with E-state index in [-0.39, 0.29) is 36.3 Å². The highest BCUT2D eigenvalue weighted by molar-refractivity contribution is 5.98. The van der Waals surface area contributed by atoms with Crippen molar-refractivity contribution in [2.75, 3.05) is 12.3 Å². The molecule has 1 saturated carbocycles. The molecule has 0 spiro atoms. The van der Waals surface area contributed by atoms with E-state index in [0.717, 1.165) is 43.4 Å². The summed E-state index contributed by atoms with van der Waals surface area (Å²) in [6.07, 6.45) is 5.96. The molecule has 6 heteroatoms. The summed E-state index contributed by atoms with van der Waals surface area (Å²) in [7, 11) is 0. The van der Waals surface area contributed by atoms with Gasteiger partial charge in [0.2, 0.25) is 5.91 Å². The Morgan fingerprint density at radius 1 is 1.00 bits per heavy atom. The number of hydrogen-bond acceptors (Lipinski definition) is 3. The van der Waals surface area contributed by atoms with Crippen molar-refractivity contribution < 1.29 is 9.59 Å². The molecule has 1 aliphatic carbocycles. The van der Waals surface area contributed by atoms with E-state index < -0.39 is 0 Å². The quantitative estimate of drug-likeness (QED) is 0.712. The molecule has 1 aliphatic heterocycles. The summed E-state index contributed by atoms with van der Waals surface area (Å²) in [5, 5.41) is 3.07. The van der Waals surface area contributed by atoms with Crippen molar-refractivity contribution in [1.82, 2.24) is 10.2 Å². The Balaban J connectivity index is 0.00000256. The van der Waals surface area contributed by atoms with Gasteiger partial charge in [-0.2, -0.15) is 0 Å². The van der Waals surface area contributed by atoms with Gasteiger partial charge in [0.25, 0.3) is 5.91 Å². The molecule has 2 aliphatic rings. The van der Waals surface area contributed by atoms with E-state index in [2.05, 4.69) is 5.32 Å². The normalized spacial score (nSPS) is 22.7. The molecule has 2 fully saturated rings. The minimum absolute atomic E-state index is 0. The zero-order valence-electron chi connectivity index (χ0n) is 17.1. The minimum atomic E-state index is -0.373. The number of carbonyl (C=O) groups excluding carboxylic acids is 2. The van der Waals surface area contributed by atoms with Crippen LogP contribution in [0.5, 0.6) is 0 Å². The number of carbonyl (C=O) groups is 2. The molecule has 3 N–H and O–H groups in total. The fourth-order valence-electron chi connectivity index (χ4n) is 4.85. The molecule has 3 atom stereocenters. The van der Waals surface area contributed by atoms with Gasteiger partial charge in [-0.15, -0.1) is 12.4 Å². The van der Waals surface area contributed by atoms with Crippen molar-refractivity contribution in [2.24, 2.45) is 5.92 Å². The lowest BCUT2D eigenvalue weighted by atomic mass is 9.84. The number of rotatable bonds is 5. The minimum Gasteiger partial charge on any atom is -0.399 e. The summed E-state index contributed by atoms with van der Waals surface area (Å²) < 4.78 is 0. The Kier molecular flexibility index (Phi) is 7.38. The first-order valence-electron chi connectivity index (χ1n) is 10.6. The number of hydrogen-bond donors (Lipinski definition) is 2. The molecular formula is C24H30ClN3O2. The summed E-state index contributed by atoms with van der Waals surface area (Å²) in [6, 6.07) is 16.9. The second-order valence-corrected chi connectivity index (χ2v) is 8.22. The maximum atomic E-state index is 13.3. The van der Waals surface area contributed by atoms with Gasteiger partial charge in [-0.25, -0.2) is 0 Å². The van der Waals surface area contributed by atoms with Crippen LogP contribution < -0.4 is 11.1 Å². The zero-order valence-corrected chi connectivity index (χ0v) is 17.9. The first-order chi connectivity index (χ1) is 14.1. The summed E-state index contributed by atoms with van der Waals surface area (Å²) in [5.41, 5.74) is 8.27. The second-order valence-electron chi connectivity index (χ2n) is 8.22. The van der Waals surface area contributed by atoms with E-state index in [0.29, 0.717) is 18.0 Å². The lowest BCUT2D eigenvalue weighted by Crippen LogP contribution is -2.49. The third kappa shape index (κ3) is 4.78. The van der Waals surface area contributed by atoms with Gasteiger partial charge < -0.3 is 16.0 Å². The van der Waals surface area contributed by atoms with Crippen LogP contribution >= 0.6 is 12.4 Å². The number of benzene rings is 2. The van der Waals surface area contributed by atoms with Crippen LogP contribution in [0, 0.1) is 5.92 Å². The summed E-state index contributed by atoms with van der Waals surface area (Å²) in [4.78, 5) is 28.2. The number of nitrogens with two attached hydrogens (primary N) is 1. The third-order valence-electron chi connectivity index (χ3n) is 6.34. The van der Waals surface area contributed by atoms with Gasteiger partial charge in [-0.3, -0.25) is 9.59 Å². The molecule has 3 unspecified atom stereocenters. The Bertz CT molecular complexity index is 857. The number of halogens is 1. The highest BCUT2D eigenvalue weighted by Crippen LogP contribution is 2.40. The molecule has 5 nitrogen and oxygen atoms in total. The van der Waals surface area contributed by atoms with Gasteiger partial charge in [0.15, 0.2) is 0 Å². The molecule has 4 rings (SSSR count). The van der Waals surface area contributed by atoms with Crippen LogP contribution in [-0.2, 0) is 11.2 Å². The smallest absolute Gasteiger partial charge is 0.254 e. The average Bonchev–Trinajstić information content (AvgIpc) is 3.15. The van der Waals surface area contributed by atoms with Gasteiger partial charge >= 0.3 is 0 Å². The molecule has 1 heterocycles. The standard InChI is InChI=1S/C24H29N3O2.ClH/c25-20-12-10-17(11-13-20)14-15-26-23(28)22-16-19-8-4-5-9-21(19)27(22)24(29)18-6-2-1-3-7-18;/h1-3,6-7,10-13,19,21-22H,4-5,8-9,14-16,25H2,(H,26,28);1H. The Morgan fingerprint density at radius 2 is 1.70 bits per heavy atom. The molecule has 0 bridgehead atoms. The predicted octanol–water partition coefficient (Wildman–Crippen LogP) is 3.82. The summed E-state index contributed by atoms with van der Waals surface area (Å²) in [6.45, 7) is 0.557. The predicted molar refractivity (Wildman–Crippen MR) is 122 cm³/mol. The first-order valence-corrected chi connectivity index (χ1v) is 10.6. The number of fused-ring (bicyclic) bond motifs is 1. The molecule has 2 aromatic rings. The fraction of sp³-hybridized carbons (Fsp3) is 0.417. The molecule has 30 heavy (non-hydrogen) atoms. The highest BCUT2D eigenvalue weighted by atomic mass is 35.5. The molecule has 160 valence electrons. The third-order valence-corrected chi connectivity index (χ3v) is 6.34. The lowest BCUT2D eigenvalue weighted by Gasteiger charge is -2.33. The molecule has 1 saturated heterocycles. The topological polar surface area (TPSA) is 75.4 Å². The SMILES string of the molecule is Cl.Nc1ccc(CCNC(=O)C2CC3CCCCC3N2C(=O)c2ccccc2)cc1. The zero-order chi connectivity index (χ0) is 20.2. The molecule has 2 amide bonds. The van der Waals surface area contributed by atoms with E-state index in [1.165, 1.54) is 6.42 Å². The number of nitrogens with zero attached hydrogens (tertiary/aromatic N) is 1. The van der Waals surface area contributed by atoms with Crippen molar-refractivity contribution in [1.29, 1.82) is 0 Å². The van der Waals surface area contributed by atoms with Crippen molar-refractivity contribution in [3.8, 4) is 0 Å². The van der Waals surface area contributed by atoms with Crippen LogP contribution in [0.4, 0.5) is 5.69 Å². The lowest BCUT2D eigenvalue weighted by molar-refractivity contribution is -0.125. The van der Waals surface area contributed by atoms with Gasteiger partial charge in [0.1, 0.15) is 6.04 Å². The largest absolute Gasteiger partial charge is 0.399 e. The monoisotopic (exact) mass is 427 g/mol. The number of anilines is 1. The average molecular weight is 428 g/mol. The van der Waals surface area contributed by atoms with Crippen LogP contribution in [0.2, 0.25) is 0 Å². The number of nitrogens with one attached hydrogen (secondary N) is 1. The Labute approximate surface area is 184 Å². The summed E-state index contributed by atoms with van der Waals surface area (Å²) >= 11 is 0. The summed E-state index contributed by atoms with van der Waals surface area (Å²) in [5.74, 6) is 0.391. The van der Waals surface area contributed by atoms with E-state index in [1.54, 1.807) is 0 Å². The van der Waals surface area contributed by atoms with Crippen LogP contribution in [0.3, 0.4) is 0 Å². The van der Waals surface area contributed by atoms with Crippen molar-refractivity contribution in [3.05, 3.63) is 65.7 Å². The van der Waals surface area contributed by atoms with Crippen molar-refractivity contribution >= 4 is 29.9 Å².